The fraction of sp³-hybridized carbons (Fsp3) is 0.500. The zero-order valence-corrected chi connectivity index (χ0v) is 5.43. The lowest BCUT2D eigenvalue weighted by Gasteiger charge is -1.76. The summed E-state index contributed by atoms with van der Waals surface area (Å²) in [5.41, 5.74) is 0. The predicted octanol–water partition coefficient (Wildman–Crippen LogP) is 2.14. The van der Waals surface area contributed by atoms with Crippen molar-refractivity contribution in [3.63, 3.8) is 0 Å². The van der Waals surface area contributed by atoms with Crippen molar-refractivity contribution in [3.8, 4) is 0 Å². The summed E-state index contributed by atoms with van der Waals surface area (Å²) in [5, 5.41) is 2.90. The van der Waals surface area contributed by atoms with Crippen LogP contribution in [0.3, 0.4) is 0 Å². The first-order valence-electron chi connectivity index (χ1n) is 1.75. The SMILES string of the molecule is CC=CSCS. The van der Waals surface area contributed by atoms with Crippen LogP contribution in [0, 0.1) is 0 Å². The van der Waals surface area contributed by atoms with E-state index in [2.05, 4.69) is 12.6 Å². The van der Waals surface area contributed by atoms with E-state index < -0.39 is 0 Å². The normalized spacial score (nSPS) is 10.3. The smallest absolute Gasteiger partial charge is 0.0403 e. The number of rotatable bonds is 2. The molecule has 0 N–H and O–H groups in total. The molecule has 0 aromatic rings. The monoisotopic (exact) mass is 120 g/mol. The minimum atomic E-state index is 0.879. The topological polar surface area (TPSA) is 0 Å². The molecule has 0 fully saturated rings. The maximum atomic E-state index is 3.97. The number of thiol groups is 1. The van der Waals surface area contributed by atoms with Crippen LogP contribution in [0.2, 0.25) is 0 Å². The molecule has 0 atom stereocenters. The van der Waals surface area contributed by atoms with Crippen LogP contribution in [0.25, 0.3) is 0 Å². The summed E-state index contributed by atoms with van der Waals surface area (Å²) in [4.78, 5) is 0. The fourth-order valence-corrected chi connectivity index (χ4v) is 0.676. The van der Waals surface area contributed by atoms with Gasteiger partial charge in [-0.25, -0.2) is 0 Å². The van der Waals surface area contributed by atoms with E-state index in [1.807, 2.05) is 18.4 Å². The van der Waals surface area contributed by atoms with Gasteiger partial charge < -0.3 is 0 Å². The highest BCUT2D eigenvalue weighted by Crippen LogP contribution is 2.01. The molecule has 0 heterocycles. The molecule has 0 aromatic carbocycles. The first-order chi connectivity index (χ1) is 2.91. The van der Waals surface area contributed by atoms with Crippen molar-refractivity contribution in [2.45, 2.75) is 6.92 Å². The molecule has 0 bridgehead atoms. The third-order valence-corrected chi connectivity index (χ3v) is 1.37. The summed E-state index contributed by atoms with van der Waals surface area (Å²) in [5.74, 6) is 0. The molecule has 2 heteroatoms. The Bertz CT molecular complexity index is 40.8. The molecule has 0 amide bonds. The Morgan fingerprint density at radius 1 is 1.83 bits per heavy atom. The summed E-state index contributed by atoms with van der Waals surface area (Å²) in [6, 6.07) is 0. The van der Waals surface area contributed by atoms with Crippen LogP contribution in [-0.2, 0) is 0 Å². The molecule has 0 rings (SSSR count). The van der Waals surface area contributed by atoms with Gasteiger partial charge in [-0.05, 0) is 12.3 Å². The van der Waals surface area contributed by atoms with Gasteiger partial charge in [0.05, 0.1) is 0 Å². The van der Waals surface area contributed by atoms with Gasteiger partial charge in [0.1, 0.15) is 0 Å². The van der Waals surface area contributed by atoms with Crippen LogP contribution in [0.4, 0.5) is 0 Å². The Kier molecular flexibility index (Phi) is 5.84. The Labute approximate surface area is 48.4 Å². The number of thioether (sulfide) groups is 1. The molecule has 0 aliphatic carbocycles. The van der Waals surface area contributed by atoms with Gasteiger partial charge in [0, 0.05) is 5.08 Å². The lowest BCUT2D eigenvalue weighted by Crippen LogP contribution is -1.48. The molecule has 0 radical (unpaired) electrons. The van der Waals surface area contributed by atoms with Crippen LogP contribution >= 0.6 is 24.4 Å². The third kappa shape index (κ3) is 4.44. The van der Waals surface area contributed by atoms with Gasteiger partial charge in [0.25, 0.3) is 0 Å². The molecule has 0 unspecified atom stereocenters. The molecule has 0 aromatic heterocycles. The standard InChI is InChI=1S/C4H8S2/c1-2-3-6-4-5/h2-3,5H,4H2,1H3. The molecule has 0 nitrogen and oxygen atoms in total. The van der Waals surface area contributed by atoms with Crippen molar-refractivity contribution in [1.82, 2.24) is 0 Å². The quantitative estimate of drug-likeness (QED) is 0.430. The molecule has 0 aliphatic heterocycles. The van der Waals surface area contributed by atoms with E-state index in [0.29, 0.717) is 0 Å². The van der Waals surface area contributed by atoms with Crippen LogP contribution in [-0.4, -0.2) is 5.08 Å². The Morgan fingerprint density at radius 2 is 2.50 bits per heavy atom. The highest BCUT2D eigenvalue weighted by atomic mass is 32.2. The van der Waals surface area contributed by atoms with Crippen molar-refractivity contribution < 1.29 is 0 Å². The Morgan fingerprint density at radius 3 is 2.67 bits per heavy atom. The fourth-order valence-electron chi connectivity index (χ4n) is 0.139. The van der Waals surface area contributed by atoms with Crippen LogP contribution in [0.15, 0.2) is 11.5 Å². The largest absolute Gasteiger partial charge is 0.168 e. The average molecular weight is 120 g/mol. The van der Waals surface area contributed by atoms with E-state index in [1.165, 1.54) is 0 Å². The van der Waals surface area contributed by atoms with E-state index in [-0.39, 0.29) is 0 Å². The van der Waals surface area contributed by atoms with E-state index in [9.17, 15) is 0 Å². The maximum absolute atomic E-state index is 3.97. The summed E-state index contributed by atoms with van der Waals surface area (Å²) in [6.45, 7) is 2.00. The molecular formula is C4H8S2. The summed E-state index contributed by atoms with van der Waals surface area (Å²) >= 11 is 5.66. The number of hydrogen-bond donors (Lipinski definition) is 1. The van der Waals surface area contributed by atoms with Gasteiger partial charge in [-0.3, -0.25) is 0 Å². The first kappa shape index (κ1) is 6.44. The average Bonchev–Trinajstić information content (AvgIpc) is 1.61. The second-order valence-electron chi connectivity index (χ2n) is 0.765. The second-order valence-corrected chi connectivity index (χ2v) is 2.40. The highest BCUT2D eigenvalue weighted by molar-refractivity contribution is 8.11. The van der Waals surface area contributed by atoms with E-state index in [0.717, 1.165) is 5.08 Å². The lowest BCUT2D eigenvalue weighted by atomic mass is 10.8. The van der Waals surface area contributed by atoms with Crippen molar-refractivity contribution in [2.75, 3.05) is 5.08 Å². The van der Waals surface area contributed by atoms with Crippen molar-refractivity contribution >= 4 is 24.4 Å². The zero-order valence-electron chi connectivity index (χ0n) is 3.72. The molecule has 36 valence electrons. The Hall–Kier alpha value is 0.440. The highest BCUT2D eigenvalue weighted by Gasteiger charge is 1.64. The van der Waals surface area contributed by atoms with Gasteiger partial charge in [-0.2, -0.15) is 12.6 Å². The second kappa shape index (κ2) is 5.44. The van der Waals surface area contributed by atoms with Gasteiger partial charge in [0.15, 0.2) is 0 Å². The van der Waals surface area contributed by atoms with Crippen molar-refractivity contribution in [1.29, 1.82) is 0 Å². The molecule has 0 aliphatic rings. The van der Waals surface area contributed by atoms with Gasteiger partial charge in [-0.15, -0.1) is 11.8 Å². The lowest BCUT2D eigenvalue weighted by molar-refractivity contribution is 1.79. The molecule has 0 spiro atoms. The van der Waals surface area contributed by atoms with Gasteiger partial charge in [0.2, 0.25) is 0 Å². The molecule has 6 heavy (non-hydrogen) atoms. The predicted molar refractivity (Wildman–Crippen MR) is 36.3 cm³/mol. The molecule has 0 saturated heterocycles. The molecular weight excluding hydrogens is 112 g/mol. The number of allylic oxidation sites excluding steroid dienone is 1. The van der Waals surface area contributed by atoms with E-state index >= 15 is 0 Å². The third-order valence-electron chi connectivity index (χ3n) is 0.307. The summed E-state index contributed by atoms with van der Waals surface area (Å²) in [6.07, 6.45) is 2.00. The maximum Gasteiger partial charge on any atom is 0.0403 e. The molecule has 0 saturated carbocycles. The minimum Gasteiger partial charge on any atom is -0.168 e. The van der Waals surface area contributed by atoms with Crippen molar-refractivity contribution in [2.24, 2.45) is 0 Å². The van der Waals surface area contributed by atoms with E-state index in [4.69, 9.17) is 0 Å². The first-order valence-corrected chi connectivity index (χ1v) is 3.43. The van der Waals surface area contributed by atoms with Crippen LogP contribution in [0.5, 0.6) is 0 Å². The van der Waals surface area contributed by atoms with Crippen molar-refractivity contribution in [3.05, 3.63) is 11.5 Å². The zero-order chi connectivity index (χ0) is 4.83. The summed E-state index contributed by atoms with van der Waals surface area (Å²) < 4.78 is 0. The minimum absolute atomic E-state index is 0.879. The van der Waals surface area contributed by atoms with Gasteiger partial charge >= 0.3 is 0 Å². The van der Waals surface area contributed by atoms with E-state index in [1.54, 1.807) is 11.8 Å². The number of hydrogen-bond acceptors (Lipinski definition) is 2. The Balaban J connectivity index is 2.66. The van der Waals surface area contributed by atoms with Crippen LogP contribution in [0.1, 0.15) is 6.92 Å². The summed E-state index contributed by atoms with van der Waals surface area (Å²) in [7, 11) is 0. The van der Waals surface area contributed by atoms with Crippen LogP contribution < -0.4 is 0 Å². The van der Waals surface area contributed by atoms with Gasteiger partial charge in [-0.1, -0.05) is 6.08 Å².